The molecule has 0 radical (unpaired) electrons. The van der Waals surface area contributed by atoms with Gasteiger partial charge in [0, 0.05) is 0 Å². The summed E-state index contributed by atoms with van der Waals surface area (Å²) in [4.78, 5) is 0. The fourth-order valence-electron chi connectivity index (χ4n) is 1.05. The van der Waals surface area contributed by atoms with Gasteiger partial charge in [0.25, 0.3) is 0 Å². The average Bonchev–Trinajstić information content (AvgIpc) is 2.34. The summed E-state index contributed by atoms with van der Waals surface area (Å²) in [5, 5.41) is -8.28. The molecule has 0 rings (SSSR count). The number of sulfonamides is 1. The molecule has 0 aliphatic carbocycles. The van der Waals surface area contributed by atoms with Crippen LogP contribution < -0.4 is 0 Å². The Labute approximate surface area is 130 Å². The molecule has 0 aliphatic rings. The van der Waals surface area contributed by atoms with Crippen molar-refractivity contribution in [2.24, 2.45) is 0 Å². The lowest BCUT2D eigenvalue weighted by atomic mass is 9.98. The van der Waals surface area contributed by atoms with E-state index in [1.807, 2.05) is 0 Å². The van der Waals surface area contributed by atoms with Crippen molar-refractivity contribution in [2.75, 3.05) is 0 Å². The summed E-state index contributed by atoms with van der Waals surface area (Å²) in [6, 6.07) is 0. The molecule has 0 saturated carbocycles. The first kappa shape index (κ1) is 24.8. The third-order valence-corrected chi connectivity index (χ3v) is 3.95. The summed E-state index contributed by atoms with van der Waals surface area (Å²) in [7, 11) is -8.84. The average molecular weight is 454 g/mol. The highest BCUT2D eigenvalue weighted by Gasteiger charge is 2.95. The molecule has 0 unspecified atom stereocenters. The molecule has 0 aromatic carbocycles. The largest absolute Gasteiger partial charge is 0.481 e. The van der Waals surface area contributed by atoms with E-state index < -0.39 is 49.7 Å². The fraction of sp³-hybridized carbons (Fsp3) is 1.00. The predicted octanol–water partition coefficient (Wildman–Crippen LogP) is 4.48. The zero-order chi connectivity index (χ0) is 22.0. The van der Waals surface area contributed by atoms with Gasteiger partial charge < -0.3 is 0 Å². The van der Waals surface area contributed by atoms with Gasteiger partial charge in [0.2, 0.25) is 0 Å². The molecule has 0 bridgehead atoms. The molecule has 0 aromatic rings. The highest BCUT2D eigenvalue weighted by Crippen LogP contribution is 2.61. The van der Waals surface area contributed by atoms with Crippen LogP contribution in [0.4, 0.5) is 70.5 Å². The predicted molar refractivity (Wildman–Crippen MR) is 43.3 cm³/mol. The Kier molecular flexibility index (Phi) is 5.38. The van der Waals surface area contributed by atoms with Crippen molar-refractivity contribution < 1.29 is 83.5 Å². The second kappa shape index (κ2) is 5.64. The smallest absolute Gasteiger partial charge is 0.192 e. The first-order valence-corrected chi connectivity index (χ1v) is 6.37. The van der Waals surface area contributed by atoms with Crippen LogP contribution in [0.15, 0.2) is 0 Å². The number of rotatable bonds is 6. The van der Waals surface area contributed by atoms with Crippen LogP contribution in [0.2, 0.25) is 0 Å². The first-order valence-electron chi connectivity index (χ1n) is 4.93. The van der Waals surface area contributed by atoms with Gasteiger partial charge in [-0.1, -0.05) is 0 Å². The quantitative estimate of drug-likeness (QED) is 0.438. The van der Waals surface area contributed by atoms with Crippen molar-refractivity contribution in [1.82, 2.24) is 0 Å². The second-order valence-electron chi connectivity index (χ2n) is 4.19. The van der Waals surface area contributed by atoms with Crippen molar-refractivity contribution in [2.45, 2.75) is 35.1 Å². The van der Waals surface area contributed by atoms with Gasteiger partial charge in [-0.05, 0) is 0 Å². The van der Waals surface area contributed by atoms with Gasteiger partial charge in [-0.3, -0.25) is 0 Å². The van der Waals surface area contributed by atoms with Gasteiger partial charge in [0.1, 0.15) is 13.4 Å². The maximum Gasteiger partial charge on any atom is 0.481 e. The fourth-order valence-corrected chi connectivity index (χ4v) is 1.76. The summed E-state index contributed by atoms with van der Waals surface area (Å²) < 4.78 is 211. The van der Waals surface area contributed by atoms with Crippen molar-refractivity contribution >= 4 is 10.0 Å². The van der Waals surface area contributed by atoms with Crippen molar-refractivity contribution in [3.8, 4) is 0 Å². The van der Waals surface area contributed by atoms with E-state index in [9.17, 15) is 78.9 Å². The Morgan fingerprint density at radius 1 is 0.500 bits per heavy atom. The Balaban J connectivity index is 6.71. The van der Waals surface area contributed by atoms with Crippen LogP contribution in [0.1, 0.15) is 0 Å². The molecule has 0 amide bonds. The Morgan fingerprint density at radius 2 is 0.769 bits per heavy atom. The van der Waals surface area contributed by atoms with Crippen LogP contribution in [0, 0.1) is 0 Å². The second-order valence-corrected chi connectivity index (χ2v) is 6.06. The van der Waals surface area contributed by atoms with Crippen LogP contribution in [0.3, 0.4) is 0 Å². The van der Waals surface area contributed by atoms with Gasteiger partial charge in [0.05, 0.1) is 0 Å². The zero-order valence-corrected chi connectivity index (χ0v) is 11.5. The summed E-state index contributed by atoms with van der Waals surface area (Å²) in [5.74, 6) is -33.9. The van der Waals surface area contributed by atoms with E-state index in [-0.39, 0.29) is 0 Å². The molecular formula is C6F16NO2S+. The molecule has 0 saturated heterocycles. The van der Waals surface area contributed by atoms with Crippen molar-refractivity contribution in [1.29, 1.82) is 0 Å². The molecule has 0 aromatic heterocycles. The van der Waals surface area contributed by atoms with Crippen molar-refractivity contribution in [3.63, 3.8) is 0 Å². The summed E-state index contributed by atoms with van der Waals surface area (Å²) >= 11 is 0. The van der Waals surface area contributed by atoms with Crippen LogP contribution >= 0.6 is 0 Å². The number of halogens is 16. The number of hydrogen-bond acceptors (Lipinski definition) is 2. The van der Waals surface area contributed by atoms with E-state index in [4.69, 9.17) is 0 Å². The standard InChI is InChI=1S/C6F16NO2S/c7-1(8,3(11,12)5(15,16)17)2(9,10)4(13,14)6(18,19)26(24,25)23(20,21)22/q+1. The molecule has 20 heteroatoms. The summed E-state index contributed by atoms with van der Waals surface area (Å²) in [5.41, 5.74) is 0. The Morgan fingerprint density at radius 3 is 1.00 bits per heavy atom. The molecule has 0 fully saturated rings. The normalized spacial score (nSPS) is 16.8. The lowest BCUT2D eigenvalue weighted by molar-refractivity contribution is -1.18. The van der Waals surface area contributed by atoms with Crippen molar-refractivity contribution in [3.05, 3.63) is 0 Å². The van der Waals surface area contributed by atoms with E-state index in [0.29, 0.717) is 0 Å². The zero-order valence-electron chi connectivity index (χ0n) is 10.7. The molecule has 0 heterocycles. The third kappa shape index (κ3) is 2.83. The van der Waals surface area contributed by atoms with Gasteiger partial charge in [-0.25, -0.2) is 0 Å². The monoisotopic (exact) mass is 454 g/mol. The first-order chi connectivity index (χ1) is 10.8. The van der Waals surface area contributed by atoms with Crippen LogP contribution in [-0.4, -0.2) is 48.1 Å². The Hall–Kier alpha value is -1.21. The van der Waals surface area contributed by atoms with E-state index in [1.165, 1.54) is 0 Å². The number of nitrogens with zero attached hydrogens (tertiary/aromatic N) is 1. The maximum absolute atomic E-state index is 12.8. The summed E-state index contributed by atoms with van der Waals surface area (Å²) in [6.07, 6.45) is -7.77. The highest BCUT2D eigenvalue weighted by molar-refractivity contribution is 7.86. The van der Waals surface area contributed by atoms with Gasteiger partial charge in [0.15, 0.2) is 0 Å². The minimum Gasteiger partial charge on any atom is -0.192 e. The van der Waals surface area contributed by atoms with Crippen LogP contribution in [-0.2, 0) is 10.0 Å². The topological polar surface area (TPSA) is 34.1 Å². The lowest BCUT2D eigenvalue weighted by Crippen LogP contribution is -2.72. The molecule has 158 valence electrons. The molecular weight excluding hydrogens is 454 g/mol. The van der Waals surface area contributed by atoms with E-state index in [0.717, 1.165) is 0 Å². The van der Waals surface area contributed by atoms with Gasteiger partial charge >= 0.3 is 49.7 Å². The number of quaternary nitrogens is 1. The molecule has 0 spiro atoms. The maximum atomic E-state index is 12.8. The SMILES string of the molecule is O=S(=O)(C(F)(F)C(F)(F)C(F)(F)C(F)(F)C(F)(F)C(F)(F)F)[N+](F)(F)F. The van der Waals surface area contributed by atoms with E-state index in [1.54, 1.807) is 0 Å². The third-order valence-electron chi connectivity index (χ3n) is 2.50. The number of alkyl halides is 13. The molecule has 26 heavy (non-hydrogen) atoms. The van der Waals surface area contributed by atoms with Gasteiger partial charge in [-0.15, -0.1) is 0 Å². The van der Waals surface area contributed by atoms with Crippen LogP contribution in [0.5, 0.6) is 0 Å². The summed E-state index contributed by atoms with van der Waals surface area (Å²) in [6.45, 7) is 0. The van der Waals surface area contributed by atoms with E-state index in [2.05, 4.69) is 0 Å². The molecule has 0 aliphatic heterocycles. The Bertz CT molecular complexity index is 641. The van der Waals surface area contributed by atoms with Gasteiger partial charge in [-0.2, -0.15) is 65.5 Å². The molecule has 0 N–H and O–H groups in total. The van der Waals surface area contributed by atoms with E-state index >= 15 is 0 Å². The minimum atomic E-state index is -8.84. The lowest BCUT2D eigenvalue weighted by Gasteiger charge is -2.38. The highest BCUT2D eigenvalue weighted by atomic mass is 32.2. The number of hydrogen-bond donors (Lipinski definition) is 0. The molecule has 0 atom stereocenters. The molecule has 3 nitrogen and oxygen atoms in total. The van der Waals surface area contributed by atoms with Crippen LogP contribution in [0.25, 0.3) is 0 Å². The minimum absolute atomic E-state index is 6.78.